The Morgan fingerprint density at radius 1 is 1.20 bits per heavy atom. The third-order valence-electron chi connectivity index (χ3n) is 2.74. The number of hydrogen-bond acceptors (Lipinski definition) is 1. The number of nitriles is 1. The number of nitrogens with zero attached hydrogens (tertiary/aromatic N) is 1. The van der Waals surface area contributed by atoms with Crippen LogP contribution in [0.2, 0.25) is 0 Å². The first-order chi connectivity index (χ1) is 7.31. The Bertz CT molecular complexity index is 347. The summed E-state index contributed by atoms with van der Waals surface area (Å²) < 4.78 is 0. The first kappa shape index (κ1) is 11.8. The Hall–Kier alpha value is -1.29. The SMILES string of the molecule is CCCCCc1ccc(CC)c(C#N)c1. The van der Waals surface area contributed by atoms with Gasteiger partial charge in [-0.2, -0.15) is 5.26 Å². The van der Waals surface area contributed by atoms with Crippen LogP contribution in [0.25, 0.3) is 0 Å². The quantitative estimate of drug-likeness (QED) is 0.664. The maximum atomic E-state index is 9.00. The van der Waals surface area contributed by atoms with Gasteiger partial charge in [0.15, 0.2) is 0 Å². The van der Waals surface area contributed by atoms with Crippen molar-refractivity contribution < 1.29 is 0 Å². The van der Waals surface area contributed by atoms with Crippen molar-refractivity contribution in [2.75, 3.05) is 0 Å². The summed E-state index contributed by atoms with van der Waals surface area (Å²) in [6.07, 6.45) is 5.80. The zero-order valence-electron chi connectivity index (χ0n) is 9.71. The summed E-state index contributed by atoms with van der Waals surface area (Å²) >= 11 is 0. The highest BCUT2D eigenvalue weighted by Gasteiger charge is 2.01. The van der Waals surface area contributed by atoms with E-state index in [1.54, 1.807) is 0 Å². The fourth-order valence-electron chi connectivity index (χ4n) is 1.77. The van der Waals surface area contributed by atoms with Crippen LogP contribution in [0.3, 0.4) is 0 Å². The maximum absolute atomic E-state index is 9.00. The minimum absolute atomic E-state index is 0.853. The van der Waals surface area contributed by atoms with Crippen molar-refractivity contribution in [3.8, 4) is 6.07 Å². The summed E-state index contributed by atoms with van der Waals surface area (Å²) in [5.74, 6) is 0. The fraction of sp³-hybridized carbons (Fsp3) is 0.500. The van der Waals surface area contributed by atoms with E-state index in [-0.39, 0.29) is 0 Å². The van der Waals surface area contributed by atoms with Gasteiger partial charge in [0.2, 0.25) is 0 Å². The van der Waals surface area contributed by atoms with Crippen LogP contribution in [-0.2, 0) is 12.8 Å². The van der Waals surface area contributed by atoms with Crippen molar-refractivity contribution in [3.63, 3.8) is 0 Å². The third kappa shape index (κ3) is 3.40. The highest BCUT2D eigenvalue weighted by molar-refractivity contribution is 5.40. The van der Waals surface area contributed by atoms with Crippen LogP contribution in [0, 0.1) is 11.3 Å². The Morgan fingerprint density at radius 3 is 2.60 bits per heavy atom. The molecule has 0 aliphatic heterocycles. The molecule has 0 atom stereocenters. The predicted octanol–water partition coefficient (Wildman–Crippen LogP) is 3.85. The number of unbranched alkanes of at least 4 members (excludes halogenated alkanes) is 2. The predicted molar refractivity (Wildman–Crippen MR) is 63.8 cm³/mol. The lowest BCUT2D eigenvalue weighted by atomic mass is 10.00. The number of benzene rings is 1. The van der Waals surface area contributed by atoms with Crippen molar-refractivity contribution in [1.82, 2.24) is 0 Å². The molecule has 1 rings (SSSR count). The molecule has 0 spiro atoms. The van der Waals surface area contributed by atoms with Crippen molar-refractivity contribution in [2.24, 2.45) is 0 Å². The lowest BCUT2D eigenvalue weighted by molar-refractivity contribution is 0.717. The van der Waals surface area contributed by atoms with Gasteiger partial charge in [0.25, 0.3) is 0 Å². The van der Waals surface area contributed by atoms with Crippen LogP contribution in [0.15, 0.2) is 18.2 Å². The molecule has 0 bridgehead atoms. The highest BCUT2D eigenvalue weighted by Crippen LogP contribution is 2.14. The second-order valence-electron chi connectivity index (χ2n) is 3.91. The number of hydrogen-bond donors (Lipinski definition) is 0. The van der Waals surface area contributed by atoms with Gasteiger partial charge in [-0.3, -0.25) is 0 Å². The molecule has 0 saturated heterocycles. The van der Waals surface area contributed by atoms with Crippen LogP contribution in [0.5, 0.6) is 0 Å². The van der Waals surface area contributed by atoms with E-state index in [1.165, 1.54) is 24.8 Å². The Balaban J connectivity index is 2.71. The summed E-state index contributed by atoms with van der Waals surface area (Å²) in [4.78, 5) is 0. The molecule has 1 aromatic rings. The topological polar surface area (TPSA) is 23.8 Å². The van der Waals surface area contributed by atoms with Crippen molar-refractivity contribution >= 4 is 0 Å². The normalized spacial score (nSPS) is 9.93. The third-order valence-corrected chi connectivity index (χ3v) is 2.74. The lowest BCUT2D eigenvalue weighted by Crippen LogP contribution is -1.92. The molecule has 1 aromatic carbocycles. The average molecular weight is 201 g/mol. The van der Waals surface area contributed by atoms with Gasteiger partial charge in [0.1, 0.15) is 0 Å². The van der Waals surface area contributed by atoms with Gasteiger partial charge in [0, 0.05) is 0 Å². The largest absolute Gasteiger partial charge is 0.192 e. The molecular weight excluding hydrogens is 182 g/mol. The highest BCUT2D eigenvalue weighted by atomic mass is 14.2. The molecule has 0 fully saturated rings. The zero-order valence-corrected chi connectivity index (χ0v) is 9.71. The van der Waals surface area contributed by atoms with E-state index in [9.17, 15) is 0 Å². The monoisotopic (exact) mass is 201 g/mol. The van der Waals surface area contributed by atoms with E-state index in [0.29, 0.717) is 0 Å². The zero-order chi connectivity index (χ0) is 11.1. The molecule has 15 heavy (non-hydrogen) atoms. The molecule has 0 N–H and O–H groups in total. The lowest BCUT2D eigenvalue weighted by Gasteiger charge is -2.04. The van der Waals surface area contributed by atoms with Crippen LogP contribution >= 0.6 is 0 Å². The van der Waals surface area contributed by atoms with Crippen LogP contribution < -0.4 is 0 Å². The summed E-state index contributed by atoms with van der Waals surface area (Å²) in [5, 5.41) is 9.00. The molecule has 0 radical (unpaired) electrons. The van der Waals surface area contributed by atoms with Gasteiger partial charge in [0.05, 0.1) is 11.6 Å². The average Bonchev–Trinajstić information content (AvgIpc) is 2.29. The summed E-state index contributed by atoms with van der Waals surface area (Å²) in [6, 6.07) is 8.59. The fourth-order valence-corrected chi connectivity index (χ4v) is 1.77. The van der Waals surface area contributed by atoms with Crippen molar-refractivity contribution in [2.45, 2.75) is 46.0 Å². The van der Waals surface area contributed by atoms with Gasteiger partial charge in [-0.05, 0) is 36.5 Å². The molecule has 0 heterocycles. The smallest absolute Gasteiger partial charge is 0.0994 e. The van der Waals surface area contributed by atoms with E-state index in [4.69, 9.17) is 5.26 Å². The van der Waals surface area contributed by atoms with Gasteiger partial charge in [-0.15, -0.1) is 0 Å². The van der Waals surface area contributed by atoms with E-state index in [1.807, 2.05) is 0 Å². The molecule has 0 saturated carbocycles. The van der Waals surface area contributed by atoms with E-state index in [0.717, 1.165) is 24.0 Å². The van der Waals surface area contributed by atoms with E-state index >= 15 is 0 Å². The second kappa shape index (κ2) is 6.24. The van der Waals surface area contributed by atoms with E-state index < -0.39 is 0 Å². The number of aryl methyl sites for hydroxylation is 2. The minimum Gasteiger partial charge on any atom is -0.192 e. The first-order valence-electron chi connectivity index (χ1n) is 5.83. The minimum atomic E-state index is 0.853. The van der Waals surface area contributed by atoms with E-state index in [2.05, 4.69) is 38.1 Å². The molecular formula is C14H19N. The first-order valence-corrected chi connectivity index (χ1v) is 5.83. The molecule has 80 valence electrons. The maximum Gasteiger partial charge on any atom is 0.0994 e. The van der Waals surface area contributed by atoms with Gasteiger partial charge >= 0.3 is 0 Å². The van der Waals surface area contributed by atoms with Gasteiger partial charge in [-0.1, -0.05) is 38.8 Å². The molecule has 0 aromatic heterocycles. The van der Waals surface area contributed by atoms with Crippen LogP contribution in [0.1, 0.15) is 49.8 Å². The standard InChI is InChI=1S/C14H19N/c1-3-5-6-7-12-8-9-13(4-2)14(10-12)11-15/h8-10H,3-7H2,1-2H3. The summed E-state index contributed by atoms with van der Waals surface area (Å²) in [6.45, 7) is 4.30. The van der Waals surface area contributed by atoms with Gasteiger partial charge < -0.3 is 0 Å². The molecule has 1 nitrogen and oxygen atoms in total. The Kier molecular flexibility index (Phi) is 4.90. The van der Waals surface area contributed by atoms with Crippen LogP contribution in [0.4, 0.5) is 0 Å². The van der Waals surface area contributed by atoms with Crippen molar-refractivity contribution in [1.29, 1.82) is 5.26 Å². The molecule has 0 amide bonds. The molecule has 0 unspecified atom stereocenters. The molecule has 0 aliphatic carbocycles. The summed E-state index contributed by atoms with van der Waals surface area (Å²) in [7, 11) is 0. The van der Waals surface area contributed by atoms with Crippen molar-refractivity contribution in [3.05, 3.63) is 34.9 Å². The summed E-state index contributed by atoms with van der Waals surface area (Å²) in [5.41, 5.74) is 3.32. The molecule has 1 heteroatoms. The number of rotatable bonds is 5. The van der Waals surface area contributed by atoms with Crippen LogP contribution in [-0.4, -0.2) is 0 Å². The Labute approximate surface area is 92.7 Å². The molecule has 0 aliphatic rings. The second-order valence-corrected chi connectivity index (χ2v) is 3.91. The Morgan fingerprint density at radius 2 is 2.00 bits per heavy atom. The van der Waals surface area contributed by atoms with Gasteiger partial charge in [-0.25, -0.2) is 0 Å².